The normalized spacial score (nSPS) is 14.6. The molecule has 4 aromatic rings. The van der Waals surface area contributed by atoms with Crippen LogP contribution >= 0.6 is 0 Å². The zero-order valence-electron chi connectivity index (χ0n) is 19.5. The van der Waals surface area contributed by atoms with Gasteiger partial charge >= 0.3 is 6.03 Å². The summed E-state index contributed by atoms with van der Waals surface area (Å²) < 4.78 is 13.0. The Bertz CT molecular complexity index is 1340. The average Bonchev–Trinajstić information content (AvgIpc) is 3.28. The van der Waals surface area contributed by atoms with Crippen LogP contribution in [0.1, 0.15) is 28.4 Å². The van der Waals surface area contributed by atoms with Gasteiger partial charge in [0.1, 0.15) is 11.5 Å². The number of methoxy groups -OCH3 is 2. The number of urea groups is 1. The second-order valence-corrected chi connectivity index (χ2v) is 8.37. The first-order valence-corrected chi connectivity index (χ1v) is 11.2. The molecule has 6 heteroatoms. The molecule has 1 aliphatic rings. The highest BCUT2D eigenvalue weighted by Crippen LogP contribution is 2.38. The summed E-state index contributed by atoms with van der Waals surface area (Å²) in [6.45, 7) is 2.52. The molecule has 2 heterocycles. The summed E-state index contributed by atoms with van der Waals surface area (Å²) in [5.41, 5.74) is 5.94. The number of nitrogens with one attached hydrogen (secondary N) is 1. The van der Waals surface area contributed by atoms with Crippen LogP contribution in [-0.4, -0.2) is 29.7 Å². The van der Waals surface area contributed by atoms with Gasteiger partial charge < -0.3 is 24.3 Å². The van der Waals surface area contributed by atoms with Crippen LogP contribution in [0.3, 0.4) is 0 Å². The summed E-state index contributed by atoms with van der Waals surface area (Å²) in [5, 5.41) is 3.07. The number of nitrogens with zero attached hydrogens (tertiary/aromatic N) is 2. The van der Waals surface area contributed by atoms with Gasteiger partial charge in [0, 0.05) is 18.0 Å². The molecule has 5 rings (SSSR count). The van der Waals surface area contributed by atoms with Crippen molar-refractivity contribution in [1.82, 2.24) is 9.47 Å². The zero-order chi connectivity index (χ0) is 23.7. The SMILES string of the molecule is COc1ccc(OC)c(NC(=O)N2Cc3ccccc3-n3cccc3C2c2cccc(C)c2)c1. The molecule has 1 aromatic heterocycles. The molecule has 0 spiro atoms. The van der Waals surface area contributed by atoms with Crippen molar-refractivity contribution < 1.29 is 14.3 Å². The quantitative estimate of drug-likeness (QED) is 0.416. The van der Waals surface area contributed by atoms with Crippen molar-refractivity contribution in [3.63, 3.8) is 0 Å². The van der Waals surface area contributed by atoms with Gasteiger partial charge in [-0.2, -0.15) is 0 Å². The highest BCUT2D eigenvalue weighted by molar-refractivity contribution is 5.92. The molecule has 0 radical (unpaired) electrons. The maximum absolute atomic E-state index is 13.9. The van der Waals surface area contributed by atoms with E-state index in [0.29, 0.717) is 23.7 Å². The smallest absolute Gasteiger partial charge is 0.323 e. The molecule has 6 nitrogen and oxygen atoms in total. The van der Waals surface area contributed by atoms with Crippen molar-refractivity contribution in [3.8, 4) is 17.2 Å². The molecular weight excluding hydrogens is 426 g/mol. The topological polar surface area (TPSA) is 55.7 Å². The lowest BCUT2D eigenvalue weighted by atomic mass is 10.00. The van der Waals surface area contributed by atoms with E-state index in [0.717, 1.165) is 28.1 Å². The minimum absolute atomic E-state index is 0.220. The third kappa shape index (κ3) is 3.88. The Kier molecular flexibility index (Phi) is 5.72. The predicted molar refractivity (Wildman–Crippen MR) is 133 cm³/mol. The van der Waals surface area contributed by atoms with Gasteiger partial charge in [0.25, 0.3) is 0 Å². The average molecular weight is 454 g/mol. The van der Waals surface area contributed by atoms with Crippen molar-refractivity contribution in [2.24, 2.45) is 0 Å². The summed E-state index contributed by atoms with van der Waals surface area (Å²) in [6, 6.07) is 25.5. The van der Waals surface area contributed by atoms with E-state index in [2.05, 4.69) is 59.4 Å². The van der Waals surface area contributed by atoms with Crippen molar-refractivity contribution in [1.29, 1.82) is 0 Å². The number of fused-ring (bicyclic) bond motifs is 3. The number of ether oxygens (including phenoxy) is 2. The Labute approximate surface area is 199 Å². The molecule has 0 saturated carbocycles. The number of hydrogen-bond acceptors (Lipinski definition) is 3. The van der Waals surface area contributed by atoms with Gasteiger partial charge in [0.05, 0.1) is 38.2 Å². The molecule has 172 valence electrons. The van der Waals surface area contributed by atoms with E-state index in [-0.39, 0.29) is 12.1 Å². The van der Waals surface area contributed by atoms with Gasteiger partial charge in [0.2, 0.25) is 0 Å². The molecule has 3 aromatic carbocycles. The third-order valence-electron chi connectivity index (χ3n) is 6.23. The highest BCUT2D eigenvalue weighted by atomic mass is 16.5. The lowest BCUT2D eigenvalue weighted by Crippen LogP contribution is -2.38. The van der Waals surface area contributed by atoms with Crippen LogP contribution in [0.5, 0.6) is 11.5 Å². The van der Waals surface area contributed by atoms with E-state index in [9.17, 15) is 4.79 Å². The van der Waals surface area contributed by atoms with Gasteiger partial charge in [0.15, 0.2) is 0 Å². The van der Waals surface area contributed by atoms with Crippen LogP contribution in [0.2, 0.25) is 0 Å². The van der Waals surface area contributed by atoms with Crippen LogP contribution in [0.15, 0.2) is 85.1 Å². The molecule has 0 fully saturated rings. The molecule has 1 unspecified atom stereocenters. The fourth-order valence-corrected chi connectivity index (χ4v) is 4.63. The standard InChI is InChI=1S/C28H27N3O3/c1-19-8-6-10-20(16-19)27-25-12-7-15-30(25)24-11-5-4-9-21(24)18-31(27)28(32)29-23-17-22(33-2)13-14-26(23)34-3/h4-17,27H,18H2,1-3H3,(H,29,32). The molecule has 0 aliphatic carbocycles. The van der Waals surface area contributed by atoms with E-state index in [4.69, 9.17) is 9.47 Å². The maximum Gasteiger partial charge on any atom is 0.323 e. The Hall–Kier alpha value is -4.19. The van der Waals surface area contributed by atoms with Crippen molar-refractivity contribution in [2.45, 2.75) is 19.5 Å². The summed E-state index contributed by atoms with van der Waals surface area (Å²) in [4.78, 5) is 15.8. The molecule has 1 aliphatic heterocycles. The second-order valence-electron chi connectivity index (χ2n) is 8.37. The largest absolute Gasteiger partial charge is 0.497 e. The number of hydrogen-bond donors (Lipinski definition) is 1. The van der Waals surface area contributed by atoms with E-state index in [1.807, 2.05) is 29.2 Å². The van der Waals surface area contributed by atoms with Gasteiger partial charge in [-0.1, -0.05) is 48.0 Å². The van der Waals surface area contributed by atoms with Crippen molar-refractivity contribution in [3.05, 3.63) is 107 Å². The fourth-order valence-electron chi connectivity index (χ4n) is 4.63. The first kappa shape index (κ1) is 21.6. The van der Waals surface area contributed by atoms with E-state index in [1.165, 1.54) is 0 Å². The molecule has 2 amide bonds. The number of benzene rings is 3. The Balaban J connectivity index is 1.63. The molecule has 0 bridgehead atoms. The van der Waals surface area contributed by atoms with E-state index >= 15 is 0 Å². The minimum Gasteiger partial charge on any atom is -0.497 e. The number of carbonyl (C=O) groups is 1. The molecule has 1 N–H and O–H groups in total. The van der Waals surface area contributed by atoms with Crippen molar-refractivity contribution >= 4 is 11.7 Å². The third-order valence-corrected chi connectivity index (χ3v) is 6.23. The first-order chi connectivity index (χ1) is 16.6. The number of para-hydroxylation sites is 1. The number of aromatic nitrogens is 1. The van der Waals surface area contributed by atoms with Gasteiger partial charge in [-0.25, -0.2) is 4.79 Å². The Morgan fingerprint density at radius 2 is 1.79 bits per heavy atom. The summed E-state index contributed by atoms with van der Waals surface area (Å²) in [7, 11) is 3.18. The summed E-state index contributed by atoms with van der Waals surface area (Å²) in [6.07, 6.45) is 2.06. The summed E-state index contributed by atoms with van der Waals surface area (Å²) in [5.74, 6) is 1.21. The van der Waals surface area contributed by atoms with Gasteiger partial charge in [-0.3, -0.25) is 0 Å². The van der Waals surface area contributed by atoms with Crippen LogP contribution in [0, 0.1) is 6.92 Å². The molecular formula is C28H27N3O3. The summed E-state index contributed by atoms with van der Waals surface area (Å²) >= 11 is 0. The lowest BCUT2D eigenvalue weighted by Gasteiger charge is -2.31. The predicted octanol–water partition coefficient (Wildman–Crippen LogP) is 5.94. The highest BCUT2D eigenvalue weighted by Gasteiger charge is 2.33. The number of aryl methyl sites for hydroxylation is 1. The number of anilines is 1. The van der Waals surface area contributed by atoms with Crippen molar-refractivity contribution in [2.75, 3.05) is 19.5 Å². The van der Waals surface area contributed by atoms with Crippen LogP contribution in [-0.2, 0) is 6.54 Å². The van der Waals surface area contributed by atoms with Gasteiger partial charge in [-0.05, 0) is 48.4 Å². The van der Waals surface area contributed by atoms with E-state index in [1.54, 1.807) is 32.4 Å². The molecule has 34 heavy (non-hydrogen) atoms. The number of carbonyl (C=O) groups excluding carboxylic acids is 1. The maximum atomic E-state index is 13.9. The zero-order valence-corrected chi connectivity index (χ0v) is 19.5. The first-order valence-electron chi connectivity index (χ1n) is 11.2. The second kappa shape index (κ2) is 8.98. The number of rotatable bonds is 4. The Morgan fingerprint density at radius 3 is 2.59 bits per heavy atom. The Morgan fingerprint density at radius 1 is 0.941 bits per heavy atom. The number of amides is 2. The van der Waals surface area contributed by atoms with Gasteiger partial charge in [-0.15, -0.1) is 0 Å². The van der Waals surface area contributed by atoms with Crippen LogP contribution < -0.4 is 14.8 Å². The minimum atomic E-state index is -0.279. The lowest BCUT2D eigenvalue weighted by molar-refractivity contribution is 0.194. The molecule has 1 atom stereocenters. The monoisotopic (exact) mass is 453 g/mol. The fraction of sp³-hybridized carbons (Fsp3) is 0.179. The van der Waals surface area contributed by atoms with Crippen LogP contribution in [0.25, 0.3) is 5.69 Å². The van der Waals surface area contributed by atoms with E-state index < -0.39 is 0 Å². The van der Waals surface area contributed by atoms with Crippen LogP contribution in [0.4, 0.5) is 10.5 Å². The molecule has 0 saturated heterocycles.